The second-order valence-corrected chi connectivity index (χ2v) is 6.97. The molecule has 1 amide bonds. The summed E-state index contributed by atoms with van der Waals surface area (Å²) in [6.07, 6.45) is 0. The Morgan fingerprint density at radius 3 is 2.56 bits per heavy atom. The Morgan fingerprint density at radius 2 is 1.88 bits per heavy atom. The highest BCUT2D eigenvalue weighted by molar-refractivity contribution is 7.18. The Hall–Kier alpha value is -2.38. The number of halogens is 2. The molecular formula is C18H18F2N3OS+. The van der Waals surface area contributed by atoms with Crippen LogP contribution in [0.25, 0.3) is 10.2 Å². The number of likely N-dealkylation sites (N-methyl/N-ethyl adjacent to an activating group) is 1. The van der Waals surface area contributed by atoms with E-state index >= 15 is 0 Å². The number of amides is 1. The van der Waals surface area contributed by atoms with Gasteiger partial charge in [-0.15, -0.1) is 11.3 Å². The highest BCUT2D eigenvalue weighted by atomic mass is 32.1. The van der Waals surface area contributed by atoms with E-state index < -0.39 is 23.2 Å². The summed E-state index contributed by atoms with van der Waals surface area (Å²) < 4.78 is 28.3. The number of para-hydroxylation sites is 2. The number of fused-ring (bicyclic) bond motifs is 1. The number of carbonyl (C=O) groups is 1. The lowest BCUT2D eigenvalue weighted by Crippen LogP contribution is -3.10. The Bertz CT molecular complexity index is 859. The third kappa shape index (κ3) is 3.83. The zero-order valence-electron chi connectivity index (χ0n) is 13.8. The van der Waals surface area contributed by atoms with Gasteiger partial charge in [0, 0.05) is 0 Å². The van der Waals surface area contributed by atoms with Crippen LogP contribution in [0.1, 0.15) is 18.0 Å². The van der Waals surface area contributed by atoms with Crippen molar-refractivity contribution in [3.05, 3.63) is 59.1 Å². The second-order valence-electron chi connectivity index (χ2n) is 5.91. The average Bonchev–Trinajstić information content (AvgIpc) is 3.01. The molecule has 0 aliphatic heterocycles. The topological polar surface area (TPSA) is 46.4 Å². The fourth-order valence-electron chi connectivity index (χ4n) is 2.49. The molecule has 0 saturated carbocycles. The van der Waals surface area contributed by atoms with Crippen molar-refractivity contribution in [3.8, 4) is 0 Å². The standard InChI is InChI=1S/C18H17F2N3OS/c1-11(18-21-14-8-3-4-9-15(14)25-18)23(2)10-16(24)22-17-12(19)6-5-7-13(17)20/h3-9,11H,10H2,1-2H3,(H,22,24)/p+1/t11-/m0/s1. The Morgan fingerprint density at radius 1 is 1.20 bits per heavy atom. The number of carbonyl (C=O) groups excluding carboxylic acids is 1. The summed E-state index contributed by atoms with van der Waals surface area (Å²) in [7, 11) is 1.86. The molecule has 1 aromatic heterocycles. The molecule has 2 atom stereocenters. The van der Waals surface area contributed by atoms with Crippen molar-refractivity contribution >= 4 is 33.1 Å². The summed E-state index contributed by atoms with van der Waals surface area (Å²) in [6.45, 7) is 2.05. The maximum atomic E-state index is 13.6. The fraction of sp³-hybridized carbons (Fsp3) is 0.222. The quantitative estimate of drug-likeness (QED) is 0.733. The fourth-order valence-corrected chi connectivity index (χ4v) is 3.61. The minimum absolute atomic E-state index is 0.0198. The van der Waals surface area contributed by atoms with Gasteiger partial charge in [0.15, 0.2) is 11.6 Å². The first-order valence-corrected chi connectivity index (χ1v) is 8.69. The molecule has 4 nitrogen and oxygen atoms in total. The number of quaternary nitrogens is 1. The van der Waals surface area contributed by atoms with Gasteiger partial charge in [-0.1, -0.05) is 18.2 Å². The van der Waals surface area contributed by atoms with E-state index in [9.17, 15) is 13.6 Å². The van der Waals surface area contributed by atoms with E-state index in [1.54, 1.807) is 11.3 Å². The number of thiazole rings is 1. The van der Waals surface area contributed by atoms with Gasteiger partial charge in [0.2, 0.25) is 0 Å². The normalized spacial score (nSPS) is 13.6. The first kappa shape index (κ1) is 17.4. The lowest BCUT2D eigenvalue weighted by atomic mass is 10.2. The summed E-state index contributed by atoms with van der Waals surface area (Å²) in [4.78, 5) is 17.6. The van der Waals surface area contributed by atoms with E-state index in [2.05, 4.69) is 10.3 Å². The van der Waals surface area contributed by atoms with Gasteiger partial charge in [-0.2, -0.15) is 0 Å². The van der Waals surface area contributed by atoms with Crippen molar-refractivity contribution in [2.45, 2.75) is 13.0 Å². The highest BCUT2D eigenvalue weighted by Gasteiger charge is 2.23. The second kappa shape index (κ2) is 7.25. The van der Waals surface area contributed by atoms with Crippen LogP contribution in [0.2, 0.25) is 0 Å². The molecule has 0 aliphatic carbocycles. The van der Waals surface area contributed by atoms with Crippen LogP contribution in [-0.4, -0.2) is 24.5 Å². The third-order valence-corrected chi connectivity index (χ3v) is 5.31. The molecule has 2 aromatic carbocycles. The van der Waals surface area contributed by atoms with E-state index in [1.165, 1.54) is 6.07 Å². The van der Waals surface area contributed by atoms with Crippen molar-refractivity contribution in [2.75, 3.05) is 18.9 Å². The van der Waals surface area contributed by atoms with Gasteiger partial charge >= 0.3 is 0 Å². The molecule has 1 unspecified atom stereocenters. The highest BCUT2D eigenvalue weighted by Crippen LogP contribution is 2.24. The molecule has 2 N–H and O–H groups in total. The first-order chi connectivity index (χ1) is 12.0. The molecular weight excluding hydrogens is 344 g/mol. The van der Waals surface area contributed by atoms with Gasteiger partial charge in [-0.25, -0.2) is 13.8 Å². The molecule has 0 saturated heterocycles. The van der Waals surface area contributed by atoms with Crippen LogP contribution < -0.4 is 10.2 Å². The predicted molar refractivity (Wildman–Crippen MR) is 94.8 cm³/mol. The van der Waals surface area contributed by atoms with Crippen LogP contribution in [0, 0.1) is 11.6 Å². The predicted octanol–water partition coefficient (Wildman–Crippen LogP) is 2.79. The third-order valence-electron chi connectivity index (χ3n) is 4.09. The lowest BCUT2D eigenvalue weighted by molar-refractivity contribution is -0.902. The van der Waals surface area contributed by atoms with E-state index in [0.29, 0.717) is 0 Å². The zero-order chi connectivity index (χ0) is 18.0. The number of nitrogens with one attached hydrogen (secondary N) is 2. The van der Waals surface area contributed by atoms with Gasteiger partial charge in [-0.3, -0.25) is 4.79 Å². The Labute approximate surface area is 148 Å². The summed E-state index contributed by atoms with van der Waals surface area (Å²) in [6, 6.07) is 11.3. The summed E-state index contributed by atoms with van der Waals surface area (Å²) in [5.41, 5.74) is 0.521. The minimum Gasteiger partial charge on any atom is -0.322 e. The van der Waals surface area contributed by atoms with Crippen LogP contribution in [0.5, 0.6) is 0 Å². The largest absolute Gasteiger partial charge is 0.322 e. The summed E-state index contributed by atoms with van der Waals surface area (Å²) in [5, 5.41) is 3.24. The molecule has 0 aliphatic rings. The zero-order valence-corrected chi connectivity index (χ0v) is 14.7. The maximum absolute atomic E-state index is 13.6. The summed E-state index contributed by atoms with van der Waals surface area (Å²) >= 11 is 1.59. The number of aromatic nitrogens is 1. The van der Waals surface area contributed by atoms with E-state index in [4.69, 9.17) is 0 Å². The Kier molecular flexibility index (Phi) is 5.06. The smallest absolute Gasteiger partial charge is 0.279 e. The van der Waals surface area contributed by atoms with E-state index in [1.807, 2.05) is 38.2 Å². The van der Waals surface area contributed by atoms with Crippen molar-refractivity contribution in [2.24, 2.45) is 0 Å². The van der Waals surface area contributed by atoms with Gasteiger partial charge in [0.1, 0.15) is 23.4 Å². The van der Waals surface area contributed by atoms with Crippen molar-refractivity contribution in [1.82, 2.24) is 4.98 Å². The van der Waals surface area contributed by atoms with Gasteiger partial charge < -0.3 is 10.2 Å². The Balaban J connectivity index is 1.68. The van der Waals surface area contributed by atoms with Crippen molar-refractivity contribution in [1.29, 1.82) is 0 Å². The first-order valence-electron chi connectivity index (χ1n) is 7.87. The number of rotatable bonds is 5. The van der Waals surface area contributed by atoms with E-state index in [0.717, 1.165) is 32.3 Å². The lowest BCUT2D eigenvalue weighted by Gasteiger charge is -2.19. The number of hydrogen-bond donors (Lipinski definition) is 2. The molecule has 0 spiro atoms. The number of nitrogens with zero attached hydrogens (tertiary/aromatic N) is 1. The molecule has 0 bridgehead atoms. The van der Waals surface area contributed by atoms with Crippen molar-refractivity contribution < 1.29 is 18.5 Å². The number of anilines is 1. The molecule has 25 heavy (non-hydrogen) atoms. The van der Waals surface area contributed by atoms with Crippen LogP contribution in [-0.2, 0) is 4.79 Å². The van der Waals surface area contributed by atoms with Crippen LogP contribution >= 0.6 is 11.3 Å². The SMILES string of the molecule is C[C@@H](c1nc2ccccc2s1)[NH+](C)CC(=O)Nc1c(F)cccc1F. The molecule has 1 heterocycles. The molecule has 3 aromatic rings. The van der Waals surface area contributed by atoms with Gasteiger partial charge in [-0.05, 0) is 31.2 Å². The van der Waals surface area contributed by atoms with Gasteiger partial charge in [0.25, 0.3) is 5.91 Å². The minimum atomic E-state index is -0.787. The van der Waals surface area contributed by atoms with Crippen LogP contribution in [0.3, 0.4) is 0 Å². The summed E-state index contributed by atoms with van der Waals surface area (Å²) in [5.74, 6) is -2.02. The van der Waals surface area contributed by atoms with Gasteiger partial charge in [0.05, 0.1) is 17.3 Å². The average molecular weight is 362 g/mol. The van der Waals surface area contributed by atoms with E-state index in [-0.39, 0.29) is 12.6 Å². The molecule has 3 rings (SSSR count). The molecule has 0 fully saturated rings. The molecule has 7 heteroatoms. The molecule has 0 radical (unpaired) electrons. The van der Waals surface area contributed by atoms with Crippen LogP contribution in [0.15, 0.2) is 42.5 Å². The number of hydrogen-bond acceptors (Lipinski definition) is 3. The molecule has 130 valence electrons. The monoisotopic (exact) mass is 362 g/mol. The van der Waals surface area contributed by atoms with Crippen LogP contribution in [0.4, 0.5) is 14.5 Å². The maximum Gasteiger partial charge on any atom is 0.279 e. The van der Waals surface area contributed by atoms with Crippen molar-refractivity contribution in [3.63, 3.8) is 0 Å². The number of benzene rings is 2.